The summed E-state index contributed by atoms with van der Waals surface area (Å²) < 4.78 is 25.0. The monoisotopic (exact) mass is 312 g/mol. The maximum atomic E-state index is 12.2. The molecule has 21 heavy (non-hydrogen) atoms. The number of aryl methyl sites for hydroxylation is 2. The lowest BCUT2D eigenvalue weighted by Gasteiger charge is -2.26. The van der Waals surface area contributed by atoms with E-state index in [0.29, 0.717) is 13.0 Å². The molecule has 0 bridgehead atoms. The molecule has 8 heteroatoms. The Morgan fingerprint density at radius 3 is 2.86 bits per heavy atom. The molecule has 0 spiro atoms. The van der Waals surface area contributed by atoms with Crippen LogP contribution in [0.15, 0.2) is 0 Å². The number of fused-ring (bicyclic) bond motifs is 1. The molecule has 0 saturated carbocycles. The van der Waals surface area contributed by atoms with Crippen LogP contribution < -0.4 is 5.32 Å². The number of carbonyl (C=O) groups is 1. The van der Waals surface area contributed by atoms with Gasteiger partial charge >= 0.3 is 0 Å². The SMILES string of the molecule is CCc1nnc2n1CC(NC(=O)C1CCS(=O)(=O)C1)CC2. The molecule has 7 nitrogen and oxygen atoms in total. The van der Waals surface area contributed by atoms with Gasteiger partial charge in [-0.3, -0.25) is 4.79 Å². The first-order valence-electron chi connectivity index (χ1n) is 7.40. The lowest BCUT2D eigenvalue weighted by Crippen LogP contribution is -2.44. The zero-order valence-electron chi connectivity index (χ0n) is 12.1. The Morgan fingerprint density at radius 1 is 1.38 bits per heavy atom. The number of amides is 1. The number of sulfone groups is 1. The molecule has 2 aliphatic heterocycles. The number of carbonyl (C=O) groups excluding carboxylic acids is 1. The fourth-order valence-electron chi connectivity index (χ4n) is 3.08. The molecule has 2 aliphatic rings. The van der Waals surface area contributed by atoms with Crippen LogP contribution in [0.25, 0.3) is 0 Å². The third-order valence-corrected chi connectivity index (χ3v) is 6.06. The molecule has 116 valence electrons. The molecule has 0 aromatic carbocycles. The van der Waals surface area contributed by atoms with Crippen LogP contribution in [0.3, 0.4) is 0 Å². The van der Waals surface area contributed by atoms with E-state index in [2.05, 4.69) is 20.1 Å². The normalized spacial score (nSPS) is 27.3. The van der Waals surface area contributed by atoms with E-state index < -0.39 is 9.84 Å². The Morgan fingerprint density at radius 2 is 2.19 bits per heavy atom. The highest BCUT2D eigenvalue weighted by Gasteiger charge is 2.34. The minimum Gasteiger partial charge on any atom is -0.351 e. The topological polar surface area (TPSA) is 93.9 Å². The highest BCUT2D eigenvalue weighted by atomic mass is 32.2. The van der Waals surface area contributed by atoms with Crippen LogP contribution in [0.1, 0.15) is 31.4 Å². The number of nitrogens with one attached hydrogen (secondary N) is 1. The van der Waals surface area contributed by atoms with Gasteiger partial charge in [0, 0.05) is 25.4 Å². The average Bonchev–Trinajstić information content (AvgIpc) is 3.01. The van der Waals surface area contributed by atoms with Crippen molar-refractivity contribution in [3.05, 3.63) is 11.6 Å². The number of rotatable bonds is 3. The number of aromatic nitrogens is 3. The second-order valence-electron chi connectivity index (χ2n) is 5.84. The predicted octanol–water partition coefficient (Wildman–Crippen LogP) is -0.294. The molecule has 1 aromatic heterocycles. The third kappa shape index (κ3) is 2.95. The van der Waals surface area contributed by atoms with E-state index in [1.54, 1.807) is 0 Å². The van der Waals surface area contributed by atoms with E-state index in [0.717, 1.165) is 30.9 Å². The Balaban J connectivity index is 1.63. The first-order chi connectivity index (χ1) is 9.98. The van der Waals surface area contributed by atoms with Gasteiger partial charge in [-0.25, -0.2) is 8.42 Å². The number of hydrogen-bond donors (Lipinski definition) is 1. The maximum absolute atomic E-state index is 12.2. The second kappa shape index (κ2) is 5.40. The van der Waals surface area contributed by atoms with Crippen LogP contribution in [-0.4, -0.2) is 46.6 Å². The van der Waals surface area contributed by atoms with Gasteiger partial charge in [0.2, 0.25) is 5.91 Å². The quantitative estimate of drug-likeness (QED) is 0.827. The van der Waals surface area contributed by atoms with Gasteiger partial charge < -0.3 is 9.88 Å². The van der Waals surface area contributed by atoms with E-state index >= 15 is 0 Å². The highest BCUT2D eigenvalue weighted by molar-refractivity contribution is 7.91. The smallest absolute Gasteiger partial charge is 0.224 e. The Labute approximate surface area is 124 Å². The molecule has 1 N–H and O–H groups in total. The summed E-state index contributed by atoms with van der Waals surface area (Å²) in [5.74, 6) is 1.52. The minimum absolute atomic E-state index is 0.0103. The summed E-state index contributed by atoms with van der Waals surface area (Å²) in [6.45, 7) is 2.71. The van der Waals surface area contributed by atoms with Gasteiger partial charge in [0.15, 0.2) is 9.84 Å². The summed E-state index contributed by atoms with van der Waals surface area (Å²) in [7, 11) is -3.02. The molecule has 1 fully saturated rings. The van der Waals surface area contributed by atoms with Crippen molar-refractivity contribution in [3.8, 4) is 0 Å². The van der Waals surface area contributed by atoms with Crippen LogP contribution >= 0.6 is 0 Å². The van der Waals surface area contributed by atoms with Crippen LogP contribution in [0.4, 0.5) is 0 Å². The van der Waals surface area contributed by atoms with Gasteiger partial charge in [-0.2, -0.15) is 0 Å². The molecule has 3 heterocycles. The van der Waals surface area contributed by atoms with Crippen molar-refractivity contribution in [3.63, 3.8) is 0 Å². The fraction of sp³-hybridized carbons (Fsp3) is 0.769. The van der Waals surface area contributed by atoms with Crippen molar-refractivity contribution in [2.75, 3.05) is 11.5 Å². The minimum atomic E-state index is -3.02. The lowest BCUT2D eigenvalue weighted by atomic mass is 10.0. The summed E-state index contributed by atoms with van der Waals surface area (Å²) >= 11 is 0. The molecule has 1 amide bonds. The first-order valence-corrected chi connectivity index (χ1v) is 9.22. The molecule has 2 unspecified atom stereocenters. The van der Waals surface area contributed by atoms with E-state index in [-0.39, 0.29) is 29.4 Å². The van der Waals surface area contributed by atoms with Crippen LogP contribution in [0, 0.1) is 5.92 Å². The van der Waals surface area contributed by atoms with Crippen molar-refractivity contribution < 1.29 is 13.2 Å². The Bertz CT molecular complexity index is 639. The zero-order valence-corrected chi connectivity index (χ0v) is 12.9. The van der Waals surface area contributed by atoms with E-state index in [9.17, 15) is 13.2 Å². The summed E-state index contributed by atoms with van der Waals surface area (Å²) in [5, 5.41) is 11.3. The molecule has 3 rings (SSSR count). The highest BCUT2D eigenvalue weighted by Crippen LogP contribution is 2.20. The van der Waals surface area contributed by atoms with Gasteiger partial charge in [0.1, 0.15) is 11.6 Å². The molecule has 2 atom stereocenters. The Hall–Kier alpha value is -1.44. The van der Waals surface area contributed by atoms with E-state index in [1.807, 2.05) is 6.92 Å². The van der Waals surface area contributed by atoms with Crippen LogP contribution in [0.5, 0.6) is 0 Å². The summed E-state index contributed by atoms with van der Waals surface area (Å²) in [5.41, 5.74) is 0. The molecular weight excluding hydrogens is 292 g/mol. The van der Waals surface area contributed by atoms with Crippen molar-refractivity contribution >= 4 is 15.7 Å². The van der Waals surface area contributed by atoms with Crippen LogP contribution in [-0.2, 0) is 34.0 Å². The maximum Gasteiger partial charge on any atom is 0.224 e. The van der Waals surface area contributed by atoms with E-state index in [4.69, 9.17) is 0 Å². The number of hydrogen-bond acceptors (Lipinski definition) is 5. The average molecular weight is 312 g/mol. The molecule has 1 aromatic rings. The summed E-state index contributed by atoms with van der Waals surface area (Å²) in [6, 6.07) is 0.0367. The van der Waals surface area contributed by atoms with Gasteiger partial charge in [-0.05, 0) is 12.8 Å². The standard InChI is InChI=1S/C13H20N4O3S/c1-2-11-15-16-12-4-3-10(7-17(11)12)14-13(18)9-5-6-21(19,20)8-9/h9-10H,2-8H2,1H3,(H,14,18). The van der Waals surface area contributed by atoms with Crippen molar-refractivity contribution in [2.45, 2.75) is 45.2 Å². The van der Waals surface area contributed by atoms with Crippen molar-refractivity contribution in [1.29, 1.82) is 0 Å². The zero-order chi connectivity index (χ0) is 15.0. The van der Waals surface area contributed by atoms with Gasteiger partial charge in [-0.15, -0.1) is 10.2 Å². The first kappa shape index (κ1) is 14.5. The lowest BCUT2D eigenvalue weighted by molar-refractivity contribution is -0.125. The number of nitrogens with zero attached hydrogens (tertiary/aromatic N) is 3. The molecule has 0 aliphatic carbocycles. The molecule has 1 saturated heterocycles. The molecular formula is C13H20N4O3S. The van der Waals surface area contributed by atoms with Crippen molar-refractivity contribution in [2.24, 2.45) is 5.92 Å². The van der Waals surface area contributed by atoms with E-state index in [1.165, 1.54) is 0 Å². The predicted molar refractivity (Wildman–Crippen MR) is 76.4 cm³/mol. The third-order valence-electron chi connectivity index (χ3n) is 4.29. The van der Waals surface area contributed by atoms with Crippen LogP contribution in [0.2, 0.25) is 0 Å². The van der Waals surface area contributed by atoms with Gasteiger partial charge in [0.25, 0.3) is 0 Å². The Kier molecular flexibility index (Phi) is 3.73. The van der Waals surface area contributed by atoms with Gasteiger partial charge in [-0.1, -0.05) is 6.92 Å². The molecule has 0 radical (unpaired) electrons. The van der Waals surface area contributed by atoms with Crippen molar-refractivity contribution in [1.82, 2.24) is 20.1 Å². The second-order valence-corrected chi connectivity index (χ2v) is 8.07. The largest absolute Gasteiger partial charge is 0.351 e. The fourth-order valence-corrected chi connectivity index (χ4v) is 4.82. The summed E-state index contributed by atoms with van der Waals surface area (Å²) in [6.07, 6.45) is 2.88. The summed E-state index contributed by atoms with van der Waals surface area (Å²) in [4.78, 5) is 12.2. The van der Waals surface area contributed by atoms with Gasteiger partial charge in [0.05, 0.1) is 17.4 Å².